The minimum Gasteiger partial charge on any atom is -0.451 e. The monoisotopic (exact) mass is 453 g/mol. The maximum atomic E-state index is 13.2. The van der Waals surface area contributed by atoms with Crippen molar-refractivity contribution < 1.29 is 14.1 Å². The number of aryl methyl sites for hydroxylation is 2. The number of aromatic amines is 1. The molecule has 0 aliphatic heterocycles. The molecule has 0 spiro atoms. The second-order valence-electron chi connectivity index (χ2n) is 7.26. The maximum Gasteiger partial charge on any atom is 0.302 e. The first kappa shape index (κ1) is 19.6. The van der Waals surface area contributed by atoms with Crippen molar-refractivity contribution in [1.29, 1.82) is 0 Å². The normalized spacial score (nSPS) is 13.3. The van der Waals surface area contributed by atoms with Crippen molar-refractivity contribution in [2.45, 2.75) is 25.7 Å². The molecule has 5 rings (SSSR count). The summed E-state index contributed by atoms with van der Waals surface area (Å²) in [4.78, 5) is 41.8. The summed E-state index contributed by atoms with van der Waals surface area (Å²) in [5.41, 5.74) is 0.915. The van der Waals surface area contributed by atoms with Gasteiger partial charge < -0.3 is 9.40 Å². The molecule has 1 aliphatic rings. The van der Waals surface area contributed by atoms with Gasteiger partial charge in [-0.05, 0) is 55.6 Å². The van der Waals surface area contributed by atoms with Crippen LogP contribution in [0.3, 0.4) is 0 Å². The fourth-order valence-corrected chi connectivity index (χ4v) is 5.53. The lowest BCUT2D eigenvalue weighted by atomic mass is 9.97. The summed E-state index contributed by atoms with van der Waals surface area (Å²) in [7, 11) is 0. The molecule has 0 fully saturated rings. The molecule has 3 heterocycles. The van der Waals surface area contributed by atoms with E-state index in [1.807, 2.05) is 0 Å². The minimum absolute atomic E-state index is 0.00870. The number of carbonyl (C=O) groups is 1. The molecule has 0 radical (unpaired) electrons. The van der Waals surface area contributed by atoms with Gasteiger partial charge in [0.25, 0.3) is 11.2 Å². The van der Waals surface area contributed by atoms with Crippen LogP contribution >= 0.6 is 23.6 Å². The SMILES string of the molecule is O=C(c1ccc(-c2cccc([N+](=O)[O-])c2)o1)n1c(=S)[nH]c2sc3c(c2c1=O)CCCC3. The largest absolute Gasteiger partial charge is 0.451 e. The summed E-state index contributed by atoms with van der Waals surface area (Å²) in [5.74, 6) is -0.476. The van der Waals surface area contributed by atoms with Crippen molar-refractivity contribution in [2.24, 2.45) is 0 Å². The summed E-state index contributed by atoms with van der Waals surface area (Å²) in [5, 5.41) is 11.5. The van der Waals surface area contributed by atoms with Crippen LogP contribution in [0.4, 0.5) is 5.69 Å². The van der Waals surface area contributed by atoms with E-state index in [4.69, 9.17) is 16.6 Å². The Kier molecular flexibility index (Phi) is 4.67. The van der Waals surface area contributed by atoms with Crippen molar-refractivity contribution in [3.05, 3.63) is 77.8 Å². The Balaban J connectivity index is 1.59. The molecule has 156 valence electrons. The van der Waals surface area contributed by atoms with Crippen LogP contribution in [0.1, 0.15) is 33.8 Å². The third kappa shape index (κ3) is 3.24. The number of fused-ring (bicyclic) bond motifs is 3. The average molecular weight is 454 g/mol. The summed E-state index contributed by atoms with van der Waals surface area (Å²) in [6.07, 6.45) is 3.82. The van der Waals surface area contributed by atoms with Gasteiger partial charge in [-0.15, -0.1) is 11.3 Å². The van der Waals surface area contributed by atoms with Crippen LogP contribution in [0, 0.1) is 14.9 Å². The number of hydrogen-bond donors (Lipinski definition) is 1. The van der Waals surface area contributed by atoms with E-state index in [9.17, 15) is 19.7 Å². The molecule has 1 aromatic carbocycles. The Labute approximate surface area is 183 Å². The van der Waals surface area contributed by atoms with E-state index in [0.29, 0.717) is 15.8 Å². The summed E-state index contributed by atoms with van der Waals surface area (Å²) < 4.78 is 6.58. The van der Waals surface area contributed by atoms with Crippen molar-refractivity contribution in [3.8, 4) is 11.3 Å². The quantitative estimate of drug-likeness (QED) is 0.269. The highest BCUT2D eigenvalue weighted by atomic mass is 32.1. The first-order valence-corrected chi connectivity index (χ1v) is 10.9. The summed E-state index contributed by atoms with van der Waals surface area (Å²) in [6.45, 7) is 0. The van der Waals surface area contributed by atoms with Crippen LogP contribution in [0.2, 0.25) is 0 Å². The zero-order chi connectivity index (χ0) is 21.7. The lowest BCUT2D eigenvalue weighted by molar-refractivity contribution is -0.384. The van der Waals surface area contributed by atoms with E-state index in [1.165, 1.54) is 46.5 Å². The second kappa shape index (κ2) is 7.40. The van der Waals surface area contributed by atoms with E-state index >= 15 is 0 Å². The van der Waals surface area contributed by atoms with Crippen LogP contribution in [0.5, 0.6) is 0 Å². The van der Waals surface area contributed by atoms with Gasteiger partial charge in [0.2, 0.25) is 0 Å². The molecule has 1 N–H and O–H groups in total. The smallest absolute Gasteiger partial charge is 0.302 e. The summed E-state index contributed by atoms with van der Waals surface area (Å²) >= 11 is 6.83. The molecule has 0 saturated carbocycles. The Morgan fingerprint density at radius 2 is 2.03 bits per heavy atom. The highest BCUT2D eigenvalue weighted by Gasteiger charge is 2.24. The van der Waals surface area contributed by atoms with Gasteiger partial charge in [0.15, 0.2) is 10.5 Å². The number of nitro benzene ring substituents is 1. The summed E-state index contributed by atoms with van der Waals surface area (Å²) in [6, 6.07) is 8.87. The maximum absolute atomic E-state index is 13.2. The molecule has 0 amide bonds. The Morgan fingerprint density at radius 3 is 2.84 bits per heavy atom. The van der Waals surface area contributed by atoms with Crippen molar-refractivity contribution in [1.82, 2.24) is 9.55 Å². The molecule has 10 heteroatoms. The molecule has 0 saturated heterocycles. The lowest BCUT2D eigenvalue weighted by Crippen LogP contribution is -2.29. The molecule has 31 heavy (non-hydrogen) atoms. The Bertz CT molecular complexity index is 1490. The molecule has 8 nitrogen and oxygen atoms in total. The lowest BCUT2D eigenvalue weighted by Gasteiger charge is -2.10. The van der Waals surface area contributed by atoms with E-state index in [-0.39, 0.29) is 22.0 Å². The van der Waals surface area contributed by atoms with Gasteiger partial charge in [0.1, 0.15) is 10.6 Å². The number of nitro groups is 1. The number of non-ortho nitro benzene ring substituents is 1. The van der Waals surface area contributed by atoms with Crippen molar-refractivity contribution in [3.63, 3.8) is 0 Å². The van der Waals surface area contributed by atoms with Crippen LogP contribution in [0.25, 0.3) is 21.5 Å². The fraction of sp³-hybridized carbons (Fsp3) is 0.190. The van der Waals surface area contributed by atoms with Crippen LogP contribution in [-0.4, -0.2) is 20.4 Å². The molecule has 3 aromatic heterocycles. The number of nitrogens with zero attached hydrogens (tertiary/aromatic N) is 2. The van der Waals surface area contributed by atoms with Gasteiger partial charge in [-0.25, -0.2) is 4.57 Å². The van der Waals surface area contributed by atoms with Crippen molar-refractivity contribution >= 4 is 45.4 Å². The zero-order valence-corrected chi connectivity index (χ0v) is 17.7. The number of aromatic nitrogens is 2. The molecule has 0 unspecified atom stereocenters. The standard InChI is InChI=1S/C21H15N3O5S2/c25-19(15-9-8-14(29-15)11-4-3-5-12(10-11)24(27)28)23-20(26)17-13-6-1-2-7-16(13)31-18(17)22-21(23)30/h3-5,8-10H,1-2,6-7H2,(H,22,30). The number of carbonyl (C=O) groups excluding carboxylic acids is 1. The zero-order valence-electron chi connectivity index (χ0n) is 16.0. The predicted octanol–water partition coefficient (Wildman–Crippen LogP) is 4.86. The Morgan fingerprint density at radius 1 is 1.23 bits per heavy atom. The number of thiophene rings is 1. The van der Waals surface area contributed by atoms with Crippen LogP contribution in [-0.2, 0) is 12.8 Å². The van der Waals surface area contributed by atoms with E-state index < -0.39 is 16.4 Å². The highest BCUT2D eigenvalue weighted by Crippen LogP contribution is 2.33. The minimum atomic E-state index is -0.680. The predicted molar refractivity (Wildman–Crippen MR) is 118 cm³/mol. The number of benzene rings is 1. The van der Waals surface area contributed by atoms with Crippen LogP contribution < -0.4 is 5.56 Å². The number of hydrogen-bond acceptors (Lipinski definition) is 7. The van der Waals surface area contributed by atoms with Gasteiger partial charge in [-0.3, -0.25) is 19.7 Å². The highest BCUT2D eigenvalue weighted by molar-refractivity contribution is 7.71. The first-order valence-electron chi connectivity index (χ1n) is 9.63. The number of nitrogens with one attached hydrogen (secondary N) is 1. The molecule has 1 aliphatic carbocycles. The molecule has 0 bridgehead atoms. The second-order valence-corrected chi connectivity index (χ2v) is 8.75. The average Bonchev–Trinajstić information content (AvgIpc) is 3.38. The van der Waals surface area contributed by atoms with Gasteiger partial charge >= 0.3 is 5.91 Å². The third-order valence-corrected chi connectivity index (χ3v) is 6.87. The molecular weight excluding hydrogens is 438 g/mol. The fourth-order valence-electron chi connectivity index (χ4n) is 3.91. The van der Waals surface area contributed by atoms with E-state index in [1.54, 1.807) is 6.07 Å². The van der Waals surface area contributed by atoms with E-state index in [0.717, 1.165) is 35.8 Å². The Hall–Kier alpha value is -3.37. The number of furan rings is 1. The third-order valence-electron chi connectivity index (χ3n) is 5.37. The number of rotatable bonds is 3. The topological polar surface area (TPSA) is 111 Å². The molecular formula is C21H15N3O5S2. The van der Waals surface area contributed by atoms with Gasteiger partial charge in [0.05, 0.1) is 10.3 Å². The van der Waals surface area contributed by atoms with Crippen LogP contribution in [0.15, 0.2) is 45.6 Å². The van der Waals surface area contributed by atoms with E-state index in [2.05, 4.69) is 4.98 Å². The molecule has 0 atom stereocenters. The van der Waals surface area contributed by atoms with Gasteiger partial charge in [-0.2, -0.15) is 0 Å². The first-order chi connectivity index (χ1) is 14.9. The molecule has 4 aromatic rings. The van der Waals surface area contributed by atoms with Gasteiger partial charge in [-0.1, -0.05) is 12.1 Å². The van der Waals surface area contributed by atoms with Crippen molar-refractivity contribution in [2.75, 3.05) is 0 Å². The number of H-pyrrole nitrogens is 1. The van der Waals surface area contributed by atoms with Gasteiger partial charge in [0, 0.05) is 22.6 Å².